The molecule has 0 saturated carbocycles. The second-order valence-corrected chi connectivity index (χ2v) is 8.47. The monoisotopic (exact) mass is 482 g/mol. The van der Waals surface area contributed by atoms with E-state index in [9.17, 15) is 19.7 Å². The molecule has 1 aliphatic rings. The van der Waals surface area contributed by atoms with Crippen LogP contribution >= 0.6 is 11.3 Å². The van der Waals surface area contributed by atoms with Gasteiger partial charge in [-0.2, -0.15) is 0 Å². The molecule has 0 amide bonds. The molecule has 3 rings (SSSR count). The first-order valence-corrected chi connectivity index (χ1v) is 11.7. The van der Waals surface area contributed by atoms with E-state index in [4.69, 9.17) is 9.47 Å². The second-order valence-electron chi connectivity index (χ2n) is 7.52. The molecule has 1 atom stereocenters. The number of hydrogen-bond acceptors (Lipinski definition) is 8. The van der Waals surface area contributed by atoms with Crippen LogP contribution < -0.4 is 5.32 Å². The molecule has 0 radical (unpaired) electrons. The fourth-order valence-corrected chi connectivity index (χ4v) is 4.59. The number of carbonyl (C=O) groups is 2. The number of hydrogen-bond donors (Lipinski definition) is 1. The normalized spacial score (nSPS) is 15.9. The van der Waals surface area contributed by atoms with Crippen molar-refractivity contribution in [2.75, 3.05) is 13.2 Å². The first kappa shape index (κ1) is 24.9. The average Bonchev–Trinajstić information content (AvgIpc) is 3.21. The molecule has 0 bridgehead atoms. The minimum Gasteiger partial charge on any atom is -0.463 e. The Morgan fingerprint density at radius 3 is 2.35 bits per heavy atom. The fraction of sp³-hybridized carbons (Fsp3) is 0.280. The predicted molar refractivity (Wildman–Crippen MR) is 130 cm³/mol. The summed E-state index contributed by atoms with van der Waals surface area (Å²) in [6, 6.07) is 7.90. The summed E-state index contributed by atoms with van der Waals surface area (Å²) in [7, 11) is 0. The summed E-state index contributed by atoms with van der Waals surface area (Å²) in [6.07, 6.45) is 3.65. The molecule has 34 heavy (non-hydrogen) atoms. The smallest absolute Gasteiger partial charge is 0.337 e. The number of non-ortho nitro benzene ring substituents is 1. The molecule has 1 unspecified atom stereocenters. The Kier molecular flexibility index (Phi) is 8.01. The van der Waals surface area contributed by atoms with Crippen molar-refractivity contribution in [3.05, 3.63) is 90.4 Å². The molecule has 0 aliphatic carbocycles. The molecule has 1 aliphatic heterocycles. The lowest BCUT2D eigenvalue weighted by Gasteiger charge is -2.30. The standard InChI is InChI=1S/C25H26N2O6S/c1-5-32-24(28)21-16(4)26-19(10-11-20-15(3)12-13-34-20)23(25(29)33-6-2)22(21)17-8-7-9-18(14-17)27(30)31/h7-14,22,26H,5-6H2,1-4H3/b11-10+. The molecular formula is C25H26N2O6S. The van der Waals surface area contributed by atoms with Gasteiger partial charge in [0.15, 0.2) is 0 Å². The molecule has 0 saturated heterocycles. The molecular weight excluding hydrogens is 456 g/mol. The zero-order chi connectivity index (χ0) is 24.8. The maximum absolute atomic E-state index is 13.2. The molecule has 0 fully saturated rings. The Labute approximate surface area is 201 Å². The molecule has 1 aromatic carbocycles. The van der Waals surface area contributed by atoms with Crippen molar-refractivity contribution < 1.29 is 24.0 Å². The van der Waals surface area contributed by atoms with Gasteiger partial charge in [-0.15, -0.1) is 11.3 Å². The van der Waals surface area contributed by atoms with Crippen LogP contribution in [0.4, 0.5) is 5.69 Å². The van der Waals surface area contributed by atoms with Crippen LogP contribution in [-0.2, 0) is 19.1 Å². The summed E-state index contributed by atoms with van der Waals surface area (Å²) in [5.41, 5.74) is 2.69. The first-order chi connectivity index (χ1) is 16.3. The van der Waals surface area contributed by atoms with Crippen LogP contribution in [0.15, 0.2) is 64.3 Å². The van der Waals surface area contributed by atoms with Crippen molar-refractivity contribution >= 4 is 35.0 Å². The number of esters is 2. The number of thiophene rings is 1. The number of nitrogens with one attached hydrogen (secondary N) is 1. The summed E-state index contributed by atoms with van der Waals surface area (Å²) >= 11 is 1.56. The molecule has 2 heterocycles. The van der Waals surface area contributed by atoms with Gasteiger partial charge in [-0.05, 0) is 62.4 Å². The average molecular weight is 483 g/mol. The number of allylic oxidation sites excluding steroid dienone is 2. The third-order valence-electron chi connectivity index (χ3n) is 5.30. The molecule has 2 aromatic rings. The van der Waals surface area contributed by atoms with E-state index in [1.165, 1.54) is 18.2 Å². The van der Waals surface area contributed by atoms with Gasteiger partial charge in [0, 0.05) is 28.4 Å². The lowest BCUT2D eigenvalue weighted by atomic mass is 9.80. The minimum absolute atomic E-state index is 0.127. The largest absolute Gasteiger partial charge is 0.463 e. The number of ether oxygens (including phenoxy) is 2. The maximum Gasteiger partial charge on any atom is 0.337 e. The Hall–Kier alpha value is -3.72. The zero-order valence-corrected chi connectivity index (χ0v) is 20.2. The third kappa shape index (κ3) is 5.26. The molecule has 1 aromatic heterocycles. The summed E-state index contributed by atoms with van der Waals surface area (Å²) in [5, 5.41) is 16.6. The van der Waals surface area contributed by atoms with Crippen molar-refractivity contribution in [2.45, 2.75) is 33.6 Å². The van der Waals surface area contributed by atoms with E-state index in [0.717, 1.165) is 10.4 Å². The van der Waals surface area contributed by atoms with Gasteiger partial charge >= 0.3 is 11.9 Å². The van der Waals surface area contributed by atoms with Crippen molar-refractivity contribution in [1.29, 1.82) is 0 Å². The number of nitrogens with zero attached hydrogens (tertiary/aromatic N) is 1. The molecule has 0 spiro atoms. The SMILES string of the molecule is CCOC(=O)C1=C(C)NC(/C=C/c2sccc2C)=C(C(=O)OCC)C1c1cccc([N+](=O)[O-])c1. The van der Waals surface area contributed by atoms with Crippen LogP contribution in [0.25, 0.3) is 6.08 Å². The molecule has 1 N–H and O–H groups in total. The third-order valence-corrected chi connectivity index (χ3v) is 6.29. The van der Waals surface area contributed by atoms with Crippen molar-refractivity contribution in [3.63, 3.8) is 0 Å². The van der Waals surface area contributed by atoms with Gasteiger partial charge in [0.2, 0.25) is 0 Å². The lowest BCUT2D eigenvalue weighted by molar-refractivity contribution is -0.384. The van der Waals surface area contributed by atoms with Crippen molar-refractivity contribution in [2.24, 2.45) is 0 Å². The summed E-state index contributed by atoms with van der Waals surface area (Å²) in [5.74, 6) is -2.14. The van der Waals surface area contributed by atoms with Crippen LogP contribution in [0, 0.1) is 17.0 Å². The van der Waals surface area contributed by atoms with Gasteiger partial charge in [0.1, 0.15) is 0 Å². The van der Waals surface area contributed by atoms with Crippen LogP contribution in [-0.4, -0.2) is 30.1 Å². The van der Waals surface area contributed by atoms with E-state index in [2.05, 4.69) is 5.32 Å². The molecule has 9 heteroatoms. The number of aryl methyl sites for hydroxylation is 1. The predicted octanol–water partition coefficient (Wildman–Crippen LogP) is 5.02. The Morgan fingerprint density at radius 2 is 1.76 bits per heavy atom. The van der Waals surface area contributed by atoms with Gasteiger partial charge in [0.05, 0.1) is 35.2 Å². The van der Waals surface area contributed by atoms with Crippen LogP contribution in [0.2, 0.25) is 0 Å². The highest BCUT2D eigenvalue weighted by Crippen LogP contribution is 2.40. The number of benzene rings is 1. The van der Waals surface area contributed by atoms with Gasteiger partial charge in [0.25, 0.3) is 5.69 Å². The molecule has 8 nitrogen and oxygen atoms in total. The number of nitro groups is 1. The fourth-order valence-electron chi connectivity index (χ4n) is 3.77. The number of carbonyl (C=O) groups excluding carboxylic acids is 2. The first-order valence-electron chi connectivity index (χ1n) is 10.8. The highest BCUT2D eigenvalue weighted by molar-refractivity contribution is 7.11. The van der Waals surface area contributed by atoms with E-state index >= 15 is 0 Å². The second kappa shape index (κ2) is 10.9. The minimum atomic E-state index is -0.914. The summed E-state index contributed by atoms with van der Waals surface area (Å²) in [6.45, 7) is 7.34. The molecule has 178 valence electrons. The van der Waals surface area contributed by atoms with Crippen LogP contribution in [0.1, 0.15) is 42.7 Å². The Balaban J connectivity index is 2.25. The topological polar surface area (TPSA) is 108 Å². The summed E-state index contributed by atoms with van der Waals surface area (Å²) in [4.78, 5) is 38.1. The number of rotatable bonds is 8. The van der Waals surface area contributed by atoms with Gasteiger partial charge in [-0.1, -0.05) is 12.1 Å². The van der Waals surface area contributed by atoms with E-state index in [-0.39, 0.29) is 30.0 Å². The van der Waals surface area contributed by atoms with E-state index in [1.54, 1.807) is 44.3 Å². The Bertz CT molecular complexity index is 1210. The van der Waals surface area contributed by atoms with Gasteiger partial charge in [-0.25, -0.2) is 9.59 Å². The quantitative estimate of drug-likeness (QED) is 0.320. The maximum atomic E-state index is 13.2. The Morgan fingerprint density at radius 1 is 1.09 bits per heavy atom. The van der Waals surface area contributed by atoms with Gasteiger partial charge in [-0.3, -0.25) is 10.1 Å². The van der Waals surface area contributed by atoms with Gasteiger partial charge < -0.3 is 14.8 Å². The van der Waals surface area contributed by atoms with Crippen LogP contribution in [0.3, 0.4) is 0 Å². The lowest BCUT2D eigenvalue weighted by Crippen LogP contribution is -2.33. The van der Waals surface area contributed by atoms with E-state index < -0.39 is 22.8 Å². The van der Waals surface area contributed by atoms with Crippen LogP contribution in [0.5, 0.6) is 0 Å². The van der Waals surface area contributed by atoms with Crippen molar-refractivity contribution in [3.8, 4) is 0 Å². The zero-order valence-electron chi connectivity index (χ0n) is 19.4. The van der Waals surface area contributed by atoms with E-state index in [1.807, 2.05) is 24.4 Å². The highest BCUT2D eigenvalue weighted by atomic mass is 32.1. The highest BCUT2D eigenvalue weighted by Gasteiger charge is 2.39. The summed E-state index contributed by atoms with van der Waals surface area (Å²) < 4.78 is 10.6. The number of nitro benzene ring substituents is 1. The van der Waals surface area contributed by atoms with E-state index in [0.29, 0.717) is 17.0 Å². The number of dihydropyridines is 1. The van der Waals surface area contributed by atoms with Crippen molar-refractivity contribution in [1.82, 2.24) is 5.32 Å².